The summed E-state index contributed by atoms with van der Waals surface area (Å²) in [5, 5.41) is 48.2. The largest absolute Gasteiger partial charge is 0.390 e. The summed E-state index contributed by atoms with van der Waals surface area (Å²) in [6.45, 7) is 31.0. The number of hydrogen-bond donors (Lipinski definition) is 9. The molecule has 9 N–H and O–H groups in total. The van der Waals surface area contributed by atoms with Crippen LogP contribution < -0.4 is 32.2 Å². The van der Waals surface area contributed by atoms with Crippen molar-refractivity contribution in [2.24, 2.45) is 11.8 Å². The predicted octanol–water partition coefficient (Wildman–Crippen LogP) is 13.5. The van der Waals surface area contributed by atoms with Crippen molar-refractivity contribution in [3.8, 4) is 36.5 Å². The lowest BCUT2D eigenvalue weighted by Gasteiger charge is -2.30. The molecule has 0 heterocycles. The standard InChI is InChI=1S/C36H44N4O4.C35H50N4O4.C34H48N4O4/c1-5-14-29-21-30(25-31(22-29)36(44)40(19-6-2)20-7-3)35(43)37-32(23-27-15-10-8-11-16-27)33(41)26-39(4)38-34(42)24-28-17-12-9-13-18-28;1-7-11-19-39(37-33(41)20-26(5)6)25-32(40)31(23-28-15-13-12-14-16-28)36-34(42)29-21-27(10-4)22-30(24-29)35(43)38(17-8-2)18-9-3;1-7-16-37(17-8-2)34(42)29-21-26(10-4)20-28(23-29)33(41)35-30(22-27-14-12-11-13-15-27)31(39)24-38(18-9-3)36-32(40)19-25(5)6/h8-13,15-18,21-22,25,32-33,41H,6-7,19-20,23-24,26H2,1-4H3,(H,37,43)(H,38,42);4,12-16,21-22,24,26,31-32,40H,7-9,11,17-20,23,25H2,1-3,5-6H3,(H,36,42)(H,37,41);4,11-15,20-21,23,25,30-31,39H,7-9,16-19,22,24H2,1-3,5-6H3,(H,35,41)(H,36,40). The number of aliphatic hydroxyl groups is 3. The Labute approximate surface area is 767 Å². The molecule has 6 atom stereocenters. The zero-order chi connectivity index (χ0) is 94.7. The van der Waals surface area contributed by atoms with E-state index in [0.717, 1.165) is 80.0 Å². The number of nitrogens with one attached hydrogen (secondary N) is 6. The van der Waals surface area contributed by atoms with Gasteiger partial charge in [0.1, 0.15) is 0 Å². The third-order valence-electron chi connectivity index (χ3n) is 20.8. The van der Waals surface area contributed by atoms with Crippen LogP contribution in [0, 0.1) is 48.4 Å². The molecule has 0 bridgehead atoms. The second-order valence-electron chi connectivity index (χ2n) is 33.5. The summed E-state index contributed by atoms with van der Waals surface area (Å²) < 4.78 is 0. The summed E-state index contributed by atoms with van der Waals surface area (Å²) in [6.07, 6.45) is 17.9. The Balaban J connectivity index is 0.000000343. The highest BCUT2D eigenvalue weighted by Gasteiger charge is 2.31. The summed E-state index contributed by atoms with van der Waals surface area (Å²) in [4.78, 5) is 124. The van der Waals surface area contributed by atoms with Crippen molar-refractivity contribution in [3.63, 3.8) is 0 Å². The van der Waals surface area contributed by atoms with E-state index in [1.807, 2.05) is 197 Å². The number of likely N-dealkylation sites (N-methyl/N-ethyl adjacent to an activating group) is 1. The SMILES string of the molecule is C#Cc1cc(C(=O)NC(Cc2ccccc2)C(O)CN(CCC)NC(=O)CC(C)C)cc(C(=O)N(CCC)CCC)c1.C#Cc1cc(C(=O)NC(Cc2ccccc2)C(O)CN(CCCC)NC(=O)CC(C)C)cc(C(=O)N(CCC)CCC)c1.CC#Cc1cc(C(=O)NC(Cc2ccccc2)C(O)CN(C)NC(=O)Cc2ccccc2)cc(C(=O)N(CCC)CCC)c1. The second kappa shape index (κ2) is 59.4. The Hall–Kier alpha value is -11.8. The lowest BCUT2D eigenvalue weighted by Crippen LogP contribution is -2.53. The van der Waals surface area contributed by atoms with Gasteiger partial charge in [-0.05, 0) is 166 Å². The van der Waals surface area contributed by atoms with Gasteiger partial charge >= 0.3 is 0 Å². The number of amides is 9. The molecule has 9 amide bonds. The van der Waals surface area contributed by atoms with Gasteiger partial charge in [-0.1, -0.05) is 229 Å². The fourth-order valence-electron chi connectivity index (χ4n) is 14.7. The van der Waals surface area contributed by atoms with Crippen molar-refractivity contribution in [2.75, 3.05) is 79.0 Å². The van der Waals surface area contributed by atoms with Crippen LogP contribution in [0.25, 0.3) is 0 Å². The molecular formula is C105H142N12O12. The third kappa shape index (κ3) is 39.4. The van der Waals surface area contributed by atoms with E-state index in [1.165, 1.54) is 5.01 Å². The van der Waals surface area contributed by atoms with E-state index < -0.39 is 54.2 Å². The molecule has 6 unspecified atom stereocenters. The number of carbonyl (C=O) groups excluding carboxylic acids is 9. The van der Waals surface area contributed by atoms with E-state index in [9.17, 15) is 58.5 Å². The summed E-state index contributed by atoms with van der Waals surface area (Å²) in [5.41, 5.74) is 15.7. The first kappa shape index (κ1) is 108. The number of rotatable bonds is 50. The van der Waals surface area contributed by atoms with E-state index in [0.29, 0.717) is 118 Å². The van der Waals surface area contributed by atoms with Gasteiger partial charge < -0.3 is 46.0 Å². The van der Waals surface area contributed by atoms with Crippen molar-refractivity contribution >= 4 is 53.2 Å². The van der Waals surface area contributed by atoms with Gasteiger partial charge in [-0.3, -0.25) is 59.4 Å². The summed E-state index contributed by atoms with van der Waals surface area (Å²) in [7, 11) is 1.68. The van der Waals surface area contributed by atoms with Crippen molar-refractivity contribution in [3.05, 3.63) is 248 Å². The van der Waals surface area contributed by atoms with Crippen LogP contribution in [-0.2, 0) is 40.1 Å². The van der Waals surface area contributed by atoms with Gasteiger partial charge in [0.15, 0.2) is 0 Å². The normalized spacial score (nSPS) is 12.3. The molecule has 0 saturated heterocycles. The molecule has 0 fully saturated rings. The fraction of sp³-hybridized carbons (Fsp3) is 0.457. The first-order valence-electron chi connectivity index (χ1n) is 45.9. The minimum atomic E-state index is -1.02. The third-order valence-corrected chi connectivity index (χ3v) is 20.8. The number of hydrogen-bond acceptors (Lipinski definition) is 15. The molecule has 0 aromatic heterocycles. The molecule has 7 aromatic rings. The quantitative estimate of drug-likeness (QED) is 0.0126. The number of benzene rings is 7. The molecule has 0 radical (unpaired) electrons. The monoisotopic (exact) mass is 1760 g/mol. The Kier molecular flexibility index (Phi) is 49.6. The summed E-state index contributed by atoms with van der Waals surface area (Å²) in [5.74, 6) is 9.16. The maximum Gasteiger partial charge on any atom is 0.253 e. The second-order valence-corrected chi connectivity index (χ2v) is 33.5. The van der Waals surface area contributed by atoms with Crippen molar-refractivity contribution < 1.29 is 58.5 Å². The molecule has 24 nitrogen and oxygen atoms in total. The molecule has 0 spiro atoms. The van der Waals surface area contributed by atoms with Gasteiger partial charge in [0.05, 0.1) is 42.9 Å². The van der Waals surface area contributed by atoms with Crippen LogP contribution in [0.4, 0.5) is 0 Å². The summed E-state index contributed by atoms with van der Waals surface area (Å²) >= 11 is 0. The van der Waals surface area contributed by atoms with Gasteiger partial charge in [-0.15, -0.1) is 18.8 Å². The van der Waals surface area contributed by atoms with Crippen molar-refractivity contribution in [2.45, 2.75) is 223 Å². The Morgan fingerprint density at radius 1 is 0.357 bits per heavy atom. The molecular weight excluding hydrogens is 1620 g/mol. The van der Waals surface area contributed by atoms with Crippen molar-refractivity contribution in [1.82, 2.24) is 62.0 Å². The highest BCUT2D eigenvalue weighted by molar-refractivity contribution is 6.02. The lowest BCUT2D eigenvalue weighted by molar-refractivity contribution is -0.128. The smallest absolute Gasteiger partial charge is 0.253 e. The molecule has 7 rings (SSSR count). The predicted molar refractivity (Wildman–Crippen MR) is 514 cm³/mol. The lowest BCUT2D eigenvalue weighted by atomic mass is 9.99. The number of unbranched alkanes of at least 4 members (excludes halogenated alkanes) is 1. The van der Waals surface area contributed by atoms with Gasteiger partial charge in [0.2, 0.25) is 17.7 Å². The molecule has 129 heavy (non-hydrogen) atoms. The average Bonchev–Trinajstić information content (AvgIpc) is 0.826. The first-order chi connectivity index (χ1) is 61.9. The van der Waals surface area contributed by atoms with E-state index >= 15 is 0 Å². The summed E-state index contributed by atoms with van der Waals surface area (Å²) in [6, 6.07) is 50.7. The van der Waals surface area contributed by atoms with E-state index in [1.54, 1.807) is 93.3 Å². The highest BCUT2D eigenvalue weighted by atomic mass is 16.3. The van der Waals surface area contributed by atoms with E-state index in [-0.39, 0.29) is 90.0 Å². The number of carbonyl (C=O) groups is 9. The minimum Gasteiger partial charge on any atom is -0.390 e. The maximum atomic E-state index is 13.7. The molecule has 694 valence electrons. The number of aliphatic hydroxyl groups excluding tert-OH is 3. The topological polar surface area (TPSA) is 306 Å². The number of terminal acetylenes is 2. The number of hydrazine groups is 3. The Morgan fingerprint density at radius 2 is 0.651 bits per heavy atom. The minimum absolute atomic E-state index is 0.0758. The van der Waals surface area contributed by atoms with E-state index in [2.05, 4.69) is 62.8 Å². The number of nitrogens with zero attached hydrogens (tertiary/aromatic N) is 6. The Bertz CT molecular complexity index is 4760. The fourth-order valence-corrected chi connectivity index (χ4v) is 14.7. The van der Waals surface area contributed by atoms with Crippen LogP contribution in [0.1, 0.15) is 262 Å². The van der Waals surface area contributed by atoms with Crippen LogP contribution >= 0.6 is 0 Å². The van der Waals surface area contributed by atoms with Crippen LogP contribution in [-0.4, -0.2) is 214 Å². The molecule has 0 saturated carbocycles. The van der Waals surface area contributed by atoms with Gasteiger partial charge in [0, 0.05) is 142 Å². The van der Waals surface area contributed by atoms with E-state index in [4.69, 9.17) is 12.8 Å². The van der Waals surface area contributed by atoms with Crippen molar-refractivity contribution in [1.29, 1.82) is 0 Å². The van der Waals surface area contributed by atoms with Gasteiger partial charge in [-0.25, -0.2) is 15.0 Å². The molecule has 0 aliphatic heterocycles. The first-order valence-corrected chi connectivity index (χ1v) is 45.9. The average molecular weight is 1760 g/mol. The maximum absolute atomic E-state index is 13.7. The zero-order valence-electron chi connectivity index (χ0n) is 78.6. The Morgan fingerprint density at radius 3 is 0.953 bits per heavy atom. The molecule has 0 aliphatic rings. The van der Waals surface area contributed by atoms with Crippen LogP contribution in [0.3, 0.4) is 0 Å². The molecule has 0 aliphatic carbocycles. The van der Waals surface area contributed by atoms with Crippen LogP contribution in [0.2, 0.25) is 0 Å². The molecule has 7 aromatic carbocycles. The van der Waals surface area contributed by atoms with Gasteiger partial charge in [0.25, 0.3) is 35.4 Å². The van der Waals surface area contributed by atoms with Crippen LogP contribution in [0.15, 0.2) is 176 Å². The molecule has 24 heteroatoms. The van der Waals surface area contributed by atoms with Gasteiger partial charge in [-0.2, -0.15) is 0 Å². The van der Waals surface area contributed by atoms with Crippen LogP contribution in [0.5, 0.6) is 0 Å². The highest BCUT2D eigenvalue weighted by Crippen LogP contribution is 2.22. The zero-order valence-corrected chi connectivity index (χ0v) is 78.6.